The molecule has 106 valence electrons. The Labute approximate surface area is 116 Å². The normalized spacial score (nSPS) is 23.6. The molecule has 2 aliphatic rings. The lowest BCUT2D eigenvalue weighted by Gasteiger charge is -2.28. The first-order chi connectivity index (χ1) is 9.74. The predicted octanol–water partition coefficient (Wildman–Crippen LogP) is -0.594. The molecule has 2 saturated heterocycles. The zero-order valence-corrected chi connectivity index (χ0v) is 11.1. The fourth-order valence-corrected chi connectivity index (χ4v) is 2.54. The van der Waals surface area contributed by atoms with Crippen molar-refractivity contribution >= 4 is 17.6 Å². The number of nitrogens with zero attached hydrogens (tertiary/aromatic N) is 3. The van der Waals surface area contributed by atoms with Crippen molar-refractivity contribution in [3.8, 4) is 0 Å². The molecule has 3 heterocycles. The van der Waals surface area contributed by atoms with Crippen LogP contribution in [0.3, 0.4) is 0 Å². The Morgan fingerprint density at radius 2 is 1.95 bits per heavy atom. The van der Waals surface area contributed by atoms with Crippen molar-refractivity contribution < 1.29 is 9.59 Å². The molecule has 20 heavy (non-hydrogen) atoms. The molecule has 1 atom stereocenters. The van der Waals surface area contributed by atoms with Crippen LogP contribution < -0.4 is 15.5 Å². The van der Waals surface area contributed by atoms with Crippen molar-refractivity contribution in [2.75, 3.05) is 31.1 Å². The predicted molar refractivity (Wildman–Crippen MR) is 72.2 cm³/mol. The molecular formula is C13H17N5O2. The van der Waals surface area contributed by atoms with Crippen LogP contribution in [0.15, 0.2) is 12.4 Å². The highest BCUT2D eigenvalue weighted by molar-refractivity contribution is 6.00. The number of carbonyl (C=O) groups excluding carboxylic acids is 2. The van der Waals surface area contributed by atoms with E-state index >= 15 is 0 Å². The molecule has 1 unspecified atom stereocenters. The molecule has 0 radical (unpaired) electrons. The molecule has 1 aromatic rings. The first kappa shape index (κ1) is 13.0. The summed E-state index contributed by atoms with van der Waals surface area (Å²) in [7, 11) is 0. The summed E-state index contributed by atoms with van der Waals surface area (Å²) >= 11 is 0. The Morgan fingerprint density at radius 3 is 2.60 bits per heavy atom. The number of rotatable bonds is 2. The first-order valence-corrected chi connectivity index (χ1v) is 6.85. The van der Waals surface area contributed by atoms with Crippen molar-refractivity contribution in [3.63, 3.8) is 0 Å². The molecule has 2 fully saturated rings. The van der Waals surface area contributed by atoms with Gasteiger partial charge in [-0.25, -0.2) is 4.98 Å². The number of hydrogen-bond donors (Lipinski definition) is 2. The van der Waals surface area contributed by atoms with Gasteiger partial charge in [-0.1, -0.05) is 0 Å². The monoisotopic (exact) mass is 275 g/mol. The van der Waals surface area contributed by atoms with Gasteiger partial charge in [0, 0.05) is 32.6 Å². The number of carbonyl (C=O) groups is 2. The van der Waals surface area contributed by atoms with Crippen LogP contribution in [0.4, 0.5) is 5.82 Å². The van der Waals surface area contributed by atoms with Gasteiger partial charge in [0.05, 0.1) is 24.0 Å². The molecule has 7 nitrogen and oxygen atoms in total. The van der Waals surface area contributed by atoms with E-state index in [2.05, 4.69) is 25.5 Å². The number of aromatic nitrogens is 2. The highest BCUT2D eigenvalue weighted by Gasteiger charge is 2.29. The Balaban J connectivity index is 1.72. The largest absolute Gasteiger partial charge is 0.353 e. The lowest BCUT2D eigenvalue weighted by molar-refractivity contribution is -0.134. The van der Waals surface area contributed by atoms with Crippen LogP contribution in [-0.4, -0.2) is 48.0 Å². The van der Waals surface area contributed by atoms with Gasteiger partial charge in [-0.15, -0.1) is 0 Å². The van der Waals surface area contributed by atoms with Gasteiger partial charge < -0.3 is 10.2 Å². The molecule has 0 aliphatic carbocycles. The summed E-state index contributed by atoms with van der Waals surface area (Å²) in [4.78, 5) is 33.8. The van der Waals surface area contributed by atoms with Gasteiger partial charge in [0.15, 0.2) is 0 Å². The third-order valence-corrected chi connectivity index (χ3v) is 3.70. The van der Waals surface area contributed by atoms with Crippen LogP contribution in [-0.2, 0) is 9.59 Å². The molecule has 2 N–H and O–H groups in total. The van der Waals surface area contributed by atoms with E-state index in [0.29, 0.717) is 18.5 Å². The van der Waals surface area contributed by atoms with Gasteiger partial charge in [0.2, 0.25) is 11.8 Å². The quantitative estimate of drug-likeness (QED) is 0.701. The average molecular weight is 275 g/mol. The van der Waals surface area contributed by atoms with E-state index in [4.69, 9.17) is 0 Å². The zero-order chi connectivity index (χ0) is 13.9. The second kappa shape index (κ2) is 5.54. The molecule has 3 rings (SSSR count). The van der Waals surface area contributed by atoms with Crippen LogP contribution in [0.2, 0.25) is 0 Å². The molecule has 0 spiro atoms. The zero-order valence-electron chi connectivity index (χ0n) is 11.1. The van der Waals surface area contributed by atoms with Gasteiger partial charge in [0.1, 0.15) is 5.82 Å². The van der Waals surface area contributed by atoms with Crippen molar-refractivity contribution in [2.45, 2.75) is 18.8 Å². The van der Waals surface area contributed by atoms with E-state index in [9.17, 15) is 9.59 Å². The summed E-state index contributed by atoms with van der Waals surface area (Å²) in [5.74, 6) is -0.0121. The van der Waals surface area contributed by atoms with E-state index < -0.39 is 0 Å². The Hall–Kier alpha value is -2.02. The standard InChI is InChI=1S/C13H17N5O2/c19-12-2-1-9(13(20)17-12)10-7-16-11(8-15-10)18-5-3-14-4-6-18/h7-9,14H,1-6H2,(H,17,19,20). The SMILES string of the molecule is O=C1CCC(c2cnc(N3CCNCC3)cn2)C(=O)N1. The van der Waals surface area contributed by atoms with E-state index in [1.165, 1.54) is 0 Å². The summed E-state index contributed by atoms with van der Waals surface area (Å²) in [6, 6.07) is 0. The fourth-order valence-electron chi connectivity index (χ4n) is 2.54. The summed E-state index contributed by atoms with van der Waals surface area (Å²) in [5.41, 5.74) is 0.633. The number of nitrogens with one attached hydrogen (secondary N) is 2. The van der Waals surface area contributed by atoms with Crippen molar-refractivity contribution in [1.29, 1.82) is 0 Å². The van der Waals surface area contributed by atoms with Crippen LogP contribution >= 0.6 is 0 Å². The third kappa shape index (κ3) is 2.62. The summed E-state index contributed by atoms with van der Waals surface area (Å²) in [5, 5.41) is 5.62. The van der Waals surface area contributed by atoms with Gasteiger partial charge in [0.25, 0.3) is 0 Å². The molecule has 1 aromatic heterocycles. The molecule has 0 saturated carbocycles. The van der Waals surface area contributed by atoms with Gasteiger partial charge >= 0.3 is 0 Å². The molecule has 0 bridgehead atoms. The minimum absolute atomic E-state index is 0.211. The summed E-state index contributed by atoms with van der Waals surface area (Å²) < 4.78 is 0. The van der Waals surface area contributed by atoms with E-state index in [0.717, 1.165) is 32.0 Å². The number of imide groups is 1. The molecular weight excluding hydrogens is 258 g/mol. The van der Waals surface area contributed by atoms with Crippen molar-refractivity contribution in [3.05, 3.63) is 18.1 Å². The maximum absolute atomic E-state index is 11.8. The fraction of sp³-hybridized carbons (Fsp3) is 0.538. The van der Waals surface area contributed by atoms with E-state index in [-0.39, 0.29) is 17.7 Å². The summed E-state index contributed by atoms with van der Waals surface area (Å²) in [6.45, 7) is 3.70. The van der Waals surface area contributed by atoms with Gasteiger partial charge in [-0.05, 0) is 6.42 Å². The minimum atomic E-state index is -0.364. The van der Waals surface area contributed by atoms with E-state index in [1.54, 1.807) is 12.4 Å². The molecule has 0 aromatic carbocycles. The average Bonchev–Trinajstić information content (AvgIpc) is 2.48. The van der Waals surface area contributed by atoms with Gasteiger partial charge in [-0.2, -0.15) is 0 Å². The Kier molecular flexibility index (Phi) is 3.60. The number of amides is 2. The highest BCUT2D eigenvalue weighted by atomic mass is 16.2. The maximum Gasteiger partial charge on any atom is 0.235 e. The van der Waals surface area contributed by atoms with Crippen LogP contribution in [0.1, 0.15) is 24.5 Å². The van der Waals surface area contributed by atoms with Crippen LogP contribution in [0, 0.1) is 0 Å². The second-order valence-electron chi connectivity index (χ2n) is 5.04. The number of anilines is 1. The van der Waals surface area contributed by atoms with Gasteiger partial charge in [-0.3, -0.25) is 19.9 Å². The molecule has 2 amide bonds. The molecule has 2 aliphatic heterocycles. The summed E-state index contributed by atoms with van der Waals surface area (Å²) in [6.07, 6.45) is 4.23. The van der Waals surface area contributed by atoms with E-state index in [1.807, 2.05) is 0 Å². The smallest absolute Gasteiger partial charge is 0.235 e. The lowest BCUT2D eigenvalue weighted by Crippen LogP contribution is -2.44. The van der Waals surface area contributed by atoms with Crippen LogP contribution in [0.25, 0.3) is 0 Å². The van der Waals surface area contributed by atoms with Crippen molar-refractivity contribution in [1.82, 2.24) is 20.6 Å². The third-order valence-electron chi connectivity index (χ3n) is 3.70. The second-order valence-corrected chi connectivity index (χ2v) is 5.04. The highest BCUT2D eigenvalue weighted by Crippen LogP contribution is 2.23. The molecule has 7 heteroatoms. The number of piperidine rings is 1. The van der Waals surface area contributed by atoms with Crippen molar-refractivity contribution in [2.24, 2.45) is 0 Å². The number of hydrogen-bond acceptors (Lipinski definition) is 6. The Bertz CT molecular complexity index is 510. The lowest BCUT2D eigenvalue weighted by atomic mass is 9.95. The number of piperazine rings is 1. The van der Waals surface area contributed by atoms with Crippen LogP contribution in [0.5, 0.6) is 0 Å². The first-order valence-electron chi connectivity index (χ1n) is 6.85. The minimum Gasteiger partial charge on any atom is -0.353 e. The Morgan fingerprint density at radius 1 is 1.15 bits per heavy atom. The maximum atomic E-state index is 11.8. The topological polar surface area (TPSA) is 87.2 Å².